The number of hydrogen-bond donors (Lipinski definition) is 0. The number of carbonyl (C=O) groups excluding carboxylic acids is 2. The first-order valence-electron chi connectivity index (χ1n) is 9.05. The van der Waals surface area contributed by atoms with Crippen LogP contribution in [0.4, 0.5) is 0 Å². The fourth-order valence-corrected chi connectivity index (χ4v) is 2.81. The number of hydrogen-bond acceptors (Lipinski definition) is 6. The third kappa shape index (κ3) is 12.4. The molecule has 0 aromatic heterocycles. The lowest BCUT2D eigenvalue weighted by Gasteiger charge is -2.23. The molecular formula is C19H38N2O3S. The van der Waals surface area contributed by atoms with Crippen LogP contribution in [0.1, 0.15) is 48.0 Å². The van der Waals surface area contributed by atoms with Gasteiger partial charge in [-0.25, -0.2) is 0 Å². The maximum atomic E-state index is 11.9. The van der Waals surface area contributed by atoms with Crippen LogP contribution < -0.4 is 0 Å². The first-order valence-corrected chi connectivity index (χ1v) is 10.0. The predicted octanol–water partition coefficient (Wildman–Crippen LogP) is 3.14. The molecule has 0 amide bonds. The highest BCUT2D eigenvalue weighted by Gasteiger charge is 2.23. The van der Waals surface area contributed by atoms with Gasteiger partial charge in [0.15, 0.2) is 5.12 Å². The summed E-state index contributed by atoms with van der Waals surface area (Å²) in [4.78, 5) is 28.0. The van der Waals surface area contributed by atoms with E-state index >= 15 is 0 Å². The molecule has 0 saturated heterocycles. The topological polar surface area (TPSA) is 49.9 Å². The van der Waals surface area contributed by atoms with E-state index in [1.807, 2.05) is 41.5 Å². The van der Waals surface area contributed by atoms with Gasteiger partial charge < -0.3 is 14.5 Å². The molecule has 0 radical (unpaired) electrons. The summed E-state index contributed by atoms with van der Waals surface area (Å²) in [5, 5.41) is 0.253. The summed E-state index contributed by atoms with van der Waals surface area (Å²) in [6, 6.07) is 0. The number of nitrogens with zero attached hydrogens (tertiary/aromatic N) is 2. The molecule has 0 spiro atoms. The minimum Gasteiger partial charge on any atom is -0.465 e. The minimum atomic E-state index is -0.430. The second kappa shape index (κ2) is 11.2. The first kappa shape index (κ1) is 24.4. The van der Waals surface area contributed by atoms with E-state index in [4.69, 9.17) is 4.74 Å². The van der Waals surface area contributed by atoms with Gasteiger partial charge in [-0.2, -0.15) is 0 Å². The van der Waals surface area contributed by atoms with Crippen molar-refractivity contribution in [2.45, 2.75) is 48.0 Å². The molecular weight excluding hydrogens is 336 g/mol. The molecule has 0 N–H and O–H groups in total. The second-order valence-corrected chi connectivity index (χ2v) is 9.80. The van der Waals surface area contributed by atoms with E-state index < -0.39 is 5.41 Å². The lowest BCUT2D eigenvalue weighted by Crippen LogP contribution is -2.33. The van der Waals surface area contributed by atoms with E-state index in [-0.39, 0.29) is 16.5 Å². The number of likely N-dealkylation sites (N-methyl/N-ethyl adjacent to an activating group) is 2. The van der Waals surface area contributed by atoms with Gasteiger partial charge in [0, 0.05) is 37.3 Å². The third-order valence-electron chi connectivity index (χ3n) is 3.71. The Morgan fingerprint density at radius 2 is 1.36 bits per heavy atom. The molecule has 0 aliphatic rings. The van der Waals surface area contributed by atoms with Crippen molar-refractivity contribution in [3.05, 3.63) is 0 Å². The Hall–Kier alpha value is -0.590. The third-order valence-corrected chi connectivity index (χ3v) is 4.97. The first-order chi connectivity index (χ1) is 11.3. The van der Waals surface area contributed by atoms with Gasteiger partial charge in [0.2, 0.25) is 0 Å². The van der Waals surface area contributed by atoms with E-state index in [9.17, 15) is 9.59 Å². The van der Waals surface area contributed by atoms with Crippen LogP contribution in [0.3, 0.4) is 0 Å². The second-order valence-electron chi connectivity index (χ2n) is 8.73. The largest absolute Gasteiger partial charge is 0.465 e. The Labute approximate surface area is 158 Å². The Kier molecular flexibility index (Phi) is 10.9. The molecule has 0 fully saturated rings. The van der Waals surface area contributed by atoms with Gasteiger partial charge in [-0.15, -0.1) is 0 Å². The highest BCUT2D eigenvalue weighted by atomic mass is 32.2. The van der Waals surface area contributed by atoms with Gasteiger partial charge in [-0.05, 0) is 41.3 Å². The number of ether oxygens (including phenoxy) is 1. The summed E-state index contributed by atoms with van der Waals surface area (Å²) < 4.78 is 5.27. The van der Waals surface area contributed by atoms with Crippen molar-refractivity contribution in [2.75, 3.05) is 52.6 Å². The molecule has 6 heteroatoms. The molecule has 0 aromatic rings. The lowest BCUT2D eigenvalue weighted by molar-refractivity contribution is -0.153. The summed E-state index contributed by atoms with van der Waals surface area (Å²) in [7, 11) is 4.17. The van der Waals surface area contributed by atoms with Gasteiger partial charge in [0.1, 0.15) is 0 Å². The number of esters is 1. The monoisotopic (exact) mass is 374 g/mol. The van der Waals surface area contributed by atoms with Crippen LogP contribution in [0.5, 0.6) is 0 Å². The van der Waals surface area contributed by atoms with Gasteiger partial charge in [-0.1, -0.05) is 32.5 Å². The van der Waals surface area contributed by atoms with Gasteiger partial charge in [0.05, 0.1) is 12.0 Å². The Morgan fingerprint density at radius 1 is 0.840 bits per heavy atom. The van der Waals surface area contributed by atoms with E-state index in [2.05, 4.69) is 23.9 Å². The lowest BCUT2D eigenvalue weighted by atomic mass is 9.97. The molecule has 5 nitrogen and oxygen atoms in total. The van der Waals surface area contributed by atoms with Crippen LogP contribution in [-0.2, 0) is 14.3 Å². The normalized spacial score (nSPS) is 12.7. The maximum absolute atomic E-state index is 11.9. The molecule has 0 aliphatic heterocycles. The average Bonchev–Trinajstić information content (AvgIpc) is 2.47. The molecule has 0 saturated carbocycles. The standard InChI is InChI=1S/C19H38N2O3S/c1-18(2,3)16(22)24-14-9-10-20(7)11-12-21(8)13-15-25-17(23)19(4,5)6/h9-15H2,1-8H3. The van der Waals surface area contributed by atoms with Crippen molar-refractivity contribution in [1.82, 2.24) is 9.80 Å². The van der Waals surface area contributed by atoms with Gasteiger partial charge in [-0.3, -0.25) is 9.59 Å². The molecule has 0 atom stereocenters. The summed E-state index contributed by atoms with van der Waals surface area (Å²) >= 11 is 1.42. The molecule has 0 aromatic carbocycles. The zero-order chi connectivity index (χ0) is 19.7. The Morgan fingerprint density at radius 3 is 1.84 bits per heavy atom. The Balaban J connectivity index is 3.76. The van der Waals surface area contributed by atoms with E-state index in [1.54, 1.807) is 0 Å². The van der Waals surface area contributed by atoms with E-state index in [1.165, 1.54) is 11.8 Å². The molecule has 0 rings (SSSR count). The van der Waals surface area contributed by atoms with Crippen LogP contribution in [0.15, 0.2) is 0 Å². The molecule has 148 valence electrons. The van der Waals surface area contributed by atoms with Crippen LogP contribution in [0.2, 0.25) is 0 Å². The van der Waals surface area contributed by atoms with Gasteiger partial charge >= 0.3 is 5.97 Å². The van der Waals surface area contributed by atoms with Crippen molar-refractivity contribution in [2.24, 2.45) is 10.8 Å². The molecule has 0 unspecified atom stereocenters. The van der Waals surface area contributed by atoms with Crippen molar-refractivity contribution in [3.63, 3.8) is 0 Å². The van der Waals surface area contributed by atoms with Crippen molar-refractivity contribution in [1.29, 1.82) is 0 Å². The van der Waals surface area contributed by atoms with Crippen molar-refractivity contribution in [3.8, 4) is 0 Å². The average molecular weight is 375 g/mol. The number of thioether (sulfide) groups is 1. The summed E-state index contributed by atoms with van der Waals surface area (Å²) in [6.45, 7) is 15.7. The van der Waals surface area contributed by atoms with Crippen LogP contribution >= 0.6 is 11.8 Å². The van der Waals surface area contributed by atoms with E-state index in [0.29, 0.717) is 6.61 Å². The Bertz CT molecular complexity index is 414. The summed E-state index contributed by atoms with van der Waals surface area (Å²) in [5.74, 6) is 0.691. The summed E-state index contributed by atoms with van der Waals surface area (Å²) in [5.41, 5.74) is -0.694. The number of rotatable bonds is 10. The molecule has 25 heavy (non-hydrogen) atoms. The highest BCUT2D eigenvalue weighted by Crippen LogP contribution is 2.22. The zero-order valence-corrected chi connectivity index (χ0v) is 18.3. The van der Waals surface area contributed by atoms with Crippen LogP contribution in [0, 0.1) is 10.8 Å². The molecule has 0 heterocycles. The fourth-order valence-electron chi connectivity index (χ4n) is 1.79. The quantitative estimate of drug-likeness (QED) is 0.432. The van der Waals surface area contributed by atoms with Crippen LogP contribution in [0.25, 0.3) is 0 Å². The highest BCUT2D eigenvalue weighted by molar-refractivity contribution is 8.13. The minimum absolute atomic E-state index is 0.141. The summed E-state index contributed by atoms with van der Waals surface area (Å²) in [6.07, 6.45) is 0.845. The maximum Gasteiger partial charge on any atom is 0.311 e. The van der Waals surface area contributed by atoms with Crippen molar-refractivity contribution < 1.29 is 14.3 Å². The van der Waals surface area contributed by atoms with Crippen LogP contribution in [-0.4, -0.2) is 73.5 Å². The molecule has 0 aliphatic carbocycles. The molecule has 0 bridgehead atoms. The van der Waals surface area contributed by atoms with Crippen molar-refractivity contribution >= 4 is 22.8 Å². The van der Waals surface area contributed by atoms with Gasteiger partial charge in [0.25, 0.3) is 0 Å². The SMILES string of the molecule is CN(CCCOC(=O)C(C)(C)C)CCN(C)CCSC(=O)C(C)(C)C. The fraction of sp³-hybridized carbons (Fsp3) is 0.895. The predicted molar refractivity (Wildman–Crippen MR) is 107 cm³/mol. The zero-order valence-electron chi connectivity index (χ0n) is 17.5. The number of carbonyl (C=O) groups is 2. The van der Waals surface area contributed by atoms with E-state index in [0.717, 1.165) is 38.4 Å². The smallest absolute Gasteiger partial charge is 0.311 e.